The van der Waals surface area contributed by atoms with Crippen LogP contribution in [0.4, 0.5) is 5.69 Å². The van der Waals surface area contributed by atoms with E-state index in [2.05, 4.69) is 73.5 Å². The van der Waals surface area contributed by atoms with Gasteiger partial charge in [-0.15, -0.1) is 0 Å². The Kier molecular flexibility index (Phi) is 14.9. The van der Waals surface area contributed by atoms with Gasteiger partial charge < -0.3 is 48.1 Å². The Morgan fingerprint density at radius 3 is 2.40 bits per heavy atom. The zero-order valence-corrected chi connectivity index (χ0v) is 39.0. The molecule has 4 heterocycles. The summed E-state index contributed by atoms with van der Waals surface area (Å²) in [5, 5.41) is 5.03. The Balaban J connectivity index is 1.11. The van der Waals surface area contributed by atoms with Gasteiger partial charge in [-0.05, 0) is 139 Å². The molecule has 0 amide bonds. The van der Waals surface area contributed by atoms with E-state index in [1.165, 1.54) is 0 Å². The van der Waals surface area contributed by atoms with E-state index in [9.17, 15) is 4.79 Å². The summed E-state index contributed by atoms with van der Waals surface area (Å²) in [4.78, 5) is 36.1. The number of cyclic esters (lactones) is 1. The molecule has 0 radical (unpaired) electrons. The van der Waals surface area contributed by atoms with Gasteiger partial charge in [-0.3, -0.25) is 14.6 Å². The van der Waals surface area contributed by atoms with Gasteiger partial charge in [0.15, 0.2) is 18.4 Å². The molecule has 348 valence electrons. The van der Waals surface area contributed by atoms with Gasteiger partial charge in [0.25, 0.3) is 0 Å². The molecule has 18 atom stereocenters. The largest absolute Gasteiger partial charge is 0.462 e. The summed E-state index contributed by atoms with van der Waals surface area (Å²) in [7, 11) is 9.19. The number of benzene rings is 1. The van der Waals surface area contributed by atoms with Crippen LogP contribution in [0.1, 0.15) is 91.9 Å². The molecule has 5 fully saturated rings. The lowest BCUT2D eigenvalue weighted by atomic mass is 9.63. The zero-order valence-electron chi connectivity index (χ0n) is 39.0. The van der Waals surface area contributed by atoms with Crippen molar-refractivity contribution in [2.24, 2.45) is 35.5 Å². The molecule has 13 nitrogen and oxygen atoms in total. The summed E-state index contributed by atoms with van der Waals surface area (Å²) in [5.41, 5.74) is 2.68. The van der Waals surface area contributed by atoms with Gasteiger partial charge in [-0.1, -0.05) is 26.0 Å². The van der Waals surface area contributed by atoms with Crippen LogP contribution in [0.5, 0.6) is 0 Å². The molecule has 0 bridgehead atoms. The molecular formula is C50H73N3O10. The molecule has 1 N–H and O–H groups in total. The van der Waals surface area contributed by atoms with Gasteiger partial charge >= 0.3 is 5.97 Å². The third-order valence-corrected chi connectivity index (χ3v) is 15.7. The van der Waals surface area contributed by atoms with Crippen LogP contribution in [0.2, 0.25) is 0 Å². The number of carbonyl (C=O) groups is 2. The van der Waals surface area contributed by atoms with Gasteiger partial charge in [-0.25, -0.2) is 0 Å². The molecule has 0 spiro atoms. The van der Waals surface area contributed by atoms with E-state index in [0.717, 1.165) is 73.5 Å². The number of anilines is 1. The number of nitrogens with zero attached hydrogens (tertiary/aromatic N) is 2. The summed E-state index contributed by atoms with van der Waals surface area (Å²) in [6, 6.07) is 10.6. The number of likely N-dealkylation sites (N-methyl/N-ethyl adjacent to an activating group) is 1. The smallest absolute Gasteiger partial charge is 0.306 e. The highest BCUT2D eigenvalue weighted by molar-refractivity contribution is 5.99. The van der Waals surface area contributed by atoms with Gasteiger partial charge in [-0.2, -0.15) is 0 Å². The number of rotatable bonds is 11. The minimum absolute atomic E-state index is 0.0116. The van der Waals surface area contributed by atoms with Gasteiger partial charge in [0, 0.05) is 62.5 Å². The Labute approximate surface area is 374 Å². The lowest BCUT2D eigenvalue weighted by Gasteiger charge is -2.45. The molecular weight excluding hydrogens is 803 g/mol. The molecule has 6 aliphatic rings. The standard InChI is InChI=1S/C50H73N3O10/c1-10-33-14-11-15-42(63-44-19-18-41(53(5)6)28(3)59-44)27(2)46(55)38-25-36-35-24-34(62-50-49(58-9)48(57-8)47(56-7)29(4)60-50)22-31(35)23-40(45(36)37(38)26-43(54)61-33)52-32-16-17-39-30(21-32)13-12-20-51-39/h12-13,16-17,20-21,25,27-29,31,33-37,40-42,44-45,47-50,52H,10-11,14-15,18-19,22-24,26H2,1-9H3/t27-,28?,29?,31+,33+,34-,35-,36+,37-,40+,41+,42+,44+,45-,47+,48?,49?,50+/m1/s1. The molecule has 4 unspecified atom stereocenters. The summed E-state index contributed by atoms with van der Waals surface area (Å²) < 4.78 is 50.6. The van der Waals surface area contributed by atoms with Crippen LogP contribution in [0, 0.1) is 35.5 Å². The molecule has 2 saturated carbocycles. The highest BCUT2D eigenvalue weighted by atomic mass is 16.7. The maximum absolute atomic E-state index is 15.3. The van der Waals surface area contributed by atoms with E-state index >= 15 is 4.79 Å². The first-order valence-corrected chi connectivity index (χ1v) is 23.8. The molecule has 1 aromatic heterocycles. The van der Waals surface area contributed by atoms with Crippen molar-refractivity contribution in [3.8, 4) is 0 Å². The molecule has 2 aromatic rings. The highest BCUT2D eigenvalue weighted by Crippen LogP contribution is 2.57. The number of ketones is 1. The van der Waals surface area contributed by atoms with Crippen molar-refractivity contribution in [3.05, 3.63) is 48.2 Å². The summed E-state index contributed by atoms with van der Waals surface area (Å²) in [5.74, 6) is -0.360. The minimum Gasteiger partial charge on any atom is -0.462 e. The molecule has 3 aliphatic heterocycles. The number of aromatic nitrogens is 1. The molecule has 3 aliphatic carbocycles. The number of Topliss-reactive ketones (excluding diaryl/α,β-unsaturated/α-hetero) is 1. The normalized spacial score (nSPS) is 41.2. The predicted octanol–water partition coefficient (Wildman–Crippen LogP) is 7.35. The average molecular weight is 876 g/mol. The van der Waals surface area contributed by atoms with Crippen molar-refractivity contribution in [1.29, 1.82) is 0 Å². The highest BCUT2D eigenvalue weighted by Gasteiger charge is 2.57. The van der Waals surface area contributed by atoms with E-state index in [0.29, 0.717) is 18.4 Å². The van der Waals surface area contributed by atoms with E-state index in [1.54, 1.807) is 21.3 Å². The van der Waals surface area contributed by atoms with E-state index in [1.807, 2.05) is 26.1 Å². The second kappa shape index (κ2) is 20.2. The van der Waals surface area contributed by atoms with Crippen LogP contribution in [-0.2, 0) is 47.5 Å². The number of hydrogen-bond donors (Lipinski definition) is 1. The maximum atomic E-state index is 15.3. The van der Waals surface area contributed by atoms with E-state index in [-0.39, 0.29) is 96.9 Å². The molecule has 8 rings (SSSR count). The van der Waals surface area contributed by atoms with Crippen molar-refractivity contribution >= 4 is 28.3 Å². The summed E-state index contributed by atoms with van der Waals surface area (Å²) in [6.07, 6.45) is 8.38. The fraction of sp³-hybridized carbons (Fsp3) is 0.740. The van der Waals surface area contributed by atoms with Crippen molar-refractivity contribution < 1.29 is 47.5 Å². The van der Waals surface area contributed by atoms with Crippen LogP contribution in [0.15, 0.2) is 48.2 Å². The van der Waals surface area contributed by atoms with Crippen LogP contribution in [0.25, 0.3) is 10.9 Å². The van der Waals surface area contributed by atoms with Gasteiger partial charge in [0.05, 0.1) is 36.4 Å². The lowest BCUT2D eigenvalue weighted by Crippen LogP contribution is -2.59. The zero-order chi connectivity index (χ0) is 44.5. The topological polar surface area (TPSA) is 136 Å². The van der Waals surface area contributed by atoms with E-state index < -0.39 is 18.3 Å². The van der Waals surface area contributed by atoms with Crippen molar-refractivity contribution in [2.45, 2.75) is 165 Å². The van der Waals surface area contributed by atoms with Gasteiger partial charge in [0.2, 0.25) is 0 Å². The first-order chi connectivity index (χ1) is 30.4. The monoisotopic (exact) mass is 876 g/mol. The number of carbonyl (C=O) groups excluding carboxylic acids is 2. The Bertz CT molecular complexity index is 1910. The predicted molar refractivity (Wildman–Crippen MR) is 239 cm³/mol. The second-order valence-corrected chi connectivity index (χ2v) is 19.6. The number of methoxy groups -OCH3 is 3. The maximum Gasteiger partial charge on any atom is 0.306 e. The SMILES string of the molecule is CC[C@H]1CCC[C@H](O[C@H]2CC[C@H](N(C)C)C(C)O2)[C@@H](C)C(=O)C2=C[C@H]3[C@@H]4C[C@H](O[C@@H]5OC(C)[C@H](OC)C(OC)C5OC)C[C@H]4C[C@H](Nc4ccc5ncccc5c4)[C@H]3[C@@H]2CC(=O)O1. The van der Waals surface area contributed by atoms with E-state index in [4.69, 9.17) is 37.9 Å². The Morgan fingerprint density at radius 1 is 0.873 bits per heavy atom. The summed E-state index contributed by atoms with van der Waals surface area (Å²) >= 11 is 0. The van der Waals surface area contributed by atoms with Crippen LogP contribution in [-0.4, -0.2) is 131 Å². The fourth-order valence-electron chi connectivity index (χ4n) is 12.6. The number of ether oxygens (including phenoxy) is 8. The molecule has 13 heteroatoms. The summed E-state index contributed by atoms with van der Waals surface area (Å²) in [6.45, 7) is 8.21. The van der Waals surface area contributed by atoms with Crippen LogP contribution in [0.3, 0.4) is 0 Å². The molecule has 3 saturated heterocycles. The third kappa shape index (κ3) is 9.78. The van der Waals surface area contributed by atoms with Crippen LogP contribution < -0.4 is 5.32 Å². The van der Waals surface area contributed by atoms with Crippen LogP contribution >= 0.6 is 0 Å². The van der Waals surface area contributed by atoms with Gasteiger partial charge in [0.1, 0.15) is 24.4 Å². The average Bonchev–Trinajstić information content (AvgIpc) is 3.85. The number of allylic oxidation sites excluding steroid dienone is 2. The minimum atomic E-state index is -0.634. The Morgan fingerprint density at radius 2 is 1.67 bits per heavy atom. The second-order valence-electron chi connectivity index (χ2n) is 19.6. The lowest BCUT2D eigenvalue weighted by molar-refractivity contribution is -0.314. The fourth-order valence-corrected chi connectivity index (χ4v) is 12.6. The van der Waals surface area contributed by atoms with Crippen molar-refractivity contribution in [1.82, 2.24) is 9.88 Å². The molecule has 1 aromatic carbocycles. The molecule has 63 heavy (non-hydrogen) atoms. The number of fused-ring (bicyclic) bond motifs is 6. The Hall–Kier alpha value is -3.01. The number of pyridine rings is 1. The quantitative estimate of drug-likeness (QED) is 0.226. The van der Waals surface area contributed by atoms with Crippen molar-refractivity contribution in [3.63, 3.8) is 0 Å². The number of nitrogens with one attached hydrogen (secondary N) is 1. The number of hydrogen-bond acceptors (Lipinski definition) is 13. The van der Waals surface area contributed by atoms with Crippen molar-refractivity contribution in [2.75, 3.05) is 40.7 Å². The third-order valence-electron chi connectivity index (χ3n) is 15.7. The first-order valence-electron chi connectivity index (χ1n) is 23.8. The first kappa shape index (κ1) is 46.5. The number of esters is 1.